The van der Waals surface area contributed by atoms with Gasteiger partial charge in [0.2, 0.25) is 0 Å². The van der Waals surface area contributed by atoms with Gasteiger partial charge in [0.25, 0.3) is 0 Å². The second kappa shape index (κ2) is 7.49. The van der Waals surface area contributed by atoms with E-state index in [-0.39, 0.29) is 25.8 Å². The summed E-state index contributed by atoms with van der Waals surface area (Å²) in [6, 6.07) is 7.27. The van der Waals surface area contributed by atoms with Crippen LogP contribution in [0.2, 0.25) is 0 Å². The molecule has 1 aromatic rings. The Morgan fingerprint density at radius 3 is 2.67 bits per heavy atom. The van der Waals surface area contributed by atoms with Crippen LogP contribution >= 0.6 is 0 Å². The molecule has 1 aromatic carbocycles. The fourth-order valence-corrected chi connectivity index (χ4v) is 1.81. The van der Waals surface area contributed by atoms with E-state index in [9.17, 15) is 9.59 Å². The predicted octanol–water partition coefficient (Wildman–Crippen LogP) is -0.559. The number of ether oxygens (including phenoxy) is 2. The highest BCUT2D eigenvalue weighted by atomic mass is 16.6. The largest absolute Gasteiger partial charge is 0.486 e. The first kappa shape index (κ1) is 15.1. The van der Waals surface area contributed by atoms with E-state index in [1.165, 1.54) is 0 Å². The number of carbonyl (C=O) groups is 2. The van der Waals surface area contributed by atoms with Crippen LogP contribution in [0.3, 0.4) is 0 Å². The Bertz CT molecular complexity index is 506. The van der Waals surface area contributed by atoms with Gasteiger partial charge in [-0.25, -0.2) is 0 Å². The maximum Gasteiger partial charge on any atom is 0.309 e. The number of rotatable bonds is 5. The molecular weight excluding hydrogens is 276 g/mol. The lowest BCUT2D eigenvalue weighted by molar-refractivity contribution is -0.139. The van der Waals surface area contributed by atoms with Crippen molar-refractivity contribution < 1.29 is 24.2 Å². The summed E-state index contributed by atoms with van der Waals surface area (Å²) < 4.78 is 11.2. The average Bonchev–Trinajstić information content (AvgIpc) is 2.52. The Hall–Kier alpha value is -2.28. The average molecular weight is 294 g/mol. The minimum Gasteiger partial charge on any atom is -0.486 e. The zero-order chi connectivity index (χ0) is 15.1. The summed E-state index contributed by atoms with van der Waals surface area (Å²) in [5.41, 5.74) is 0. The van der Waals surface area contributed by atoms with Crippen LogP contribution in [0, 0.1) is 0 Å². The fourth-order valence-electron chi connectivity index (χ4n) is 1.81. The van der Waals surface area contributed by atoms with Gasteiger partial charge in [-0.2, -0.15) is 0 Å². The summed E-state index contributed by atoms with van der Waals surface area (Å²) in [7, 11) is 0. The Morgan fingerprint density at radius 1 is 1.19 bits per heavy atom. The van der Waals surface area contributed by atoms with Gasteiger partial charge in [0, 0.05) is 13.2 Å². The van der Waals surface area contributed by atoms with Crippen LogP contribution in [0.4, 0.5) is 0 Å². The van der Waals surface area contributed by atoms with Crippen molar-refractivity contribution >= 4 is 11.8 Å². The minimum atomic E-state index is -0.726. The maximum atomic E-state index is 11.5. The molecule has 0 spiro atoms. The van der Waals surface area contributed by atoms with Crippen LogP contribution < -0.4 is 20.1 Å². The normalized spacial score (nSPS) is 16.1. The molecule has 1 aliphatic heterocycles. The van der Waals surface area contributed by atoms with E-state index in [4.69, 9.17) is 14.6 Å². The lowest BCUT2D eigenvalue weighted by Gasteiger charge is -2.26. The quantitative estimate of drug-likeness (QED) is 0.500. The zero-order valence-corrected chi connectivity index (χ0v) is 11.5. The number of amides is 2. The van der Waals surface area contributed by atoms with Gasteiger partial charge in [-0.3, -0.25) is 9.59 Å². The van der Waals surface area contributed by atoms with Crippen LogP contribution in [0.1, 0.15) is 6.42 Å². The maximum absolute atomic E-state index is 11.5. The molecule has 0 fully saturated rings. The number of hydrogen-bond acceptors (Lipinski definition) is 5. The van der Waals surface area contributed by atoms with Crippen molar-refractivity contribution in [1.29, 1.82) is 0 Å². The van der Waals surface area contributed by atoms with Crippen LogP contribution in [0.5, 0.6) is 11.5 Å². The molecular formula is C14H18N2O5. The van der Waals surface area contributed by atoms with E-state index in [1.54, 1.807) is 12.1 Å². The van der Waals surface area contributed by atoms with E-state index in [2.05, 4.69) is 10.6 Å². The summed E-state index contributed by atoms with van der Waals surface area (Å²) in [5.74, 6) is -0.159. The molecule has 7 nitrogen and oxygen atoms in total. The molecule has 1 heterocycles. The molecule has 0 aliphatic carbocycles. The van der Waals surface area contributed by atoms with E-state index >= 15 is 0 Å². The predicted molar refractivity (Wildman–Crippen MR) is 74.1 cm³/mol. The fraction of sp³-hybridized carbons (Fsp3) is 0.429. The Balaban J connectivity index is 1.74. The number of aliphatic hydroxyl groups is 1. The lowest BCUT2D eigenvalue weighted by Crippen LogP contribution is -2.46. The Morgan fingerprint density at radius 2 is 1.90 bits per heavy atom. The van der Waals surface area contributed by atoms with Crippen molar-refractivity contribution in [2.24, 2.45) is 0 Å². The van der Waals surface area contributed by atoms with E-state index in [0.717, 1.165) is 0 Å². The number of hydrogen-bond donors (Lipinski definition) is 3. The SMILES string of the molecule is O=C(NCCCO)C(=O)NC[C@@H]1COc2ccccc2O1. The van der Waals surface area contributed by atoms with Crippen LogP contribution in [-0.4, -0.2) is 49.3 Å². The molecule has 0 unspecified atom stereocenters. The van der Waals surface area contributed by atoms with Crippen molar-refractivity contribution in [3.63, 3.8) is 0 Å². The highest BCUT2D eigenvalue weighted by Gasteiger charge is 2.22. The molecule has 0 saturated heterocycles. The third-order valence-electron chi connectivity index (χ3n) is 2.88. The molecule has 0 saturated carbocycles. The topological polar surface area (TPSA) is 96.9 Å². The van der Waals surface area contributed by atoms with Crippen molar-refractivity contribution in [2.45, 2.75) is 12.5 Å². The molecule has 2 amide bonds. The van der Waals surface area contributed by atoms with Crippen LogP contribution in [0.15, 0.2) is 24.3 Å². The lowest BCUT2D eigenvalue weighted by atomic mass is 10.2. The number of nitrogens with one attached hydrogen (secondary N) is 2. The van der Waals surface area contributed by atoms with Gasteiger partial charge in [-0.1, -0.05) is 12.1 Å². The molecule has 2 rings (SSSR count). The first-order valence-corrected chi connectivity index (χ1v) is 6.76. The van der Waals surface area contributed by atoms with Gasteiger partial charge in [-0.05, 0) is 18.6 Å². The van der Waals surface area contributed by atoms with Gasteiger partial charge in [0.15, 0.2) is 11.5 Å². The number of benzene rings is 1. The standard InChI is InChI=1S/C14H18N2O5/c17-7-3-6-15-13(18)14(19)16-8-10-9-20-11-4-1-2-5-12(11)21-10/h1-2,4-5,10,17H,3,6-9H2,(H,15,18)(H,16,19)/t10-/m1/s1. The summed E-state index contributed by atoms with van der Waals surface area (Å²) in [6.45, 7) is 0.720. The second-order valence-electron chi connectivity index (χ2n) is 4.54. The number of carbonyl (C=O) groups excluding carboxylic acids is 2. The van der Waals surface area contributed by atoms with Gasteiger partial charge >= 0.3 is 11.8 Å². The molecule has 1 aliphatic rings. The third kappa shape index (κ3) is 4.35. The first-order chi connectivity index (χ1) is 10.2. The highest BCUT2D eigenvalue weighted by Crippen LogP contribution is 2.30. The van der Waals surface area contributed by atoms with Gasteiger partial charge in [-0.15, -0.1) is 0 Å². The van der Waals surface area contributed by atoms with Crippen LogP contribution in [-0.2, 0) is 9.59 Å². The number of para-hydroxylation sites is 2. The first-order valence-electron chi connectivity index (χ1n) is 6.76. The van der Waals surface area contributed by atoms with Crippen molar-refractivity contribution in [3.8, 4) is 11.5 Å². The van der Waals surface area contributed by atoms with E-state index in [0.29, 0.717) is 24.5 Å². The Kier molecular flexibility index (Phi) is 5.39. The zero-order valence-electron chi connectivity index (χ0n) is 11.5. The Labute approximate surface area is 122 Å². The summed E-state index contributed by atoms with van der Waals surface area (Å²) in [4.78, 5) is 23.0. The van der Waals surface area contributed by atoms with Gasteiger partial charge in [0.1, 0.15) is 12.7 Å². The van der Waals surface area contributed by atoms with Crippen molar-refractivity contribution in [2.75, 3.05) is 26.3 Å². The minimum absolute atomic E-state index is 0.0332. The molecule has 7 heteroatoms. The molecule has 114 valence electrons. The second-order valence-corrected chi connectivity index (χ2v) is 4.54. The third-order valence-corrected chi connectivity index (χ3v) is 2.88. The molecule has 21 heavy (non-hydrogen) atoms. The summed E-state index contributed by atoms with van der Waals surface area (Å²) in [5, 5.41) is 13.5. The molecule has 0 radical (unpaired) electrons. The summed E-state index contributed by atoms with van der Waals surface area (Å²) in [6.07, 6.45) is 0.0733. The van der Waals surface area contributed by atoms with E-state index < -0.39 is 11.8 Å². The monoisotopic (exact) mass is 294 g/mol. The van der Waals surface area contributed by atoms with Gasteiger partial charge < -0.3 is 25.2 Å². The van der Waals surface area contributed by atoms with Crippen molar-refractivity contribution in [3.05, 3.63) is 24.3 Å². The highest BCUT2D eigenvalue weighted by molar-refractivity contribution is 6.35. The van der Waals surface area contributed by atoms with Crippen LogP contribution in [0.25, 0.3) is 0 Å². The molecule has 3 N–H and O–H groups in total. The summed E-state index contributed by atoms with van der Waals surface area (Å²) >= 11 is 0. The van der Waals surface area contributed by atoms with E-state index in [1.807, 2.05) is 12.1 Å². The number of aliphatic hydroxyl groups excluding tert-OH is 1. The van der Waals surface area contributed by atoms with Gasteiger partial charge in [0.05, 0.1) is 6.54 Å². The molecule has 0 aromatic heterocycles. The van der Waals surface area contributed by atoms with Crippen molar-refractivity contribution in [1.82, 2.24) is 10.6 Å². The molecule has 0 bridgehead atoms. The number of fused-ring (bicyclic) bond motifs is 1. The molecule has 1 atom stereocenters. The smallest absolute Gasteiger partial charge is 0.309 e.